The fourth-order valence-corrected chi connectivity index (χ4v) is 3.45. The van der Waals surface area contributed by atoms with E-state index in [1.165, 1.54) is 0 Å². The molecule has 1 amide bonds. The molecule has 0 spiro atoms. The van der Waals surface area contributed by atoms with Gasteiger partial charge in [0.25, 0.3) is 5.91 Å². The number of hydrogen-bond acceptors (Lipinski definition) is 4. The zero-order valence-electron chi connectivity index (χ0n) is 14.2. The summed E-state index contributed by atoms with van der Waals surface area (Å²) in [6.45, 7) is 7.69. The van der Waals surface area contributed by atoms with Crippen LogP contribution in [0.4, 0.5) is 5.69 Å². The van der Waals surface area contributed by atoms with Crippen LogP contribution in [0.15, 0.2) is 35.7 Å². The van der Waals surface area contributed by atoms with Gasteiger partial charge in [0, 0.05) is 5.69 Å². The van der Waals surface area contributed by atoms with Crippen molar-refractivity contribution in [3.8, 4) is 10.6 Å². The number of carbonyl (C=O) groups is 1. The number of aryl methyl sites for hydroxylation is 4. The largest absolute Gasteiger partial charge is 0.320 e. The van der Waals surface area contributed by atoms with E-state index < -0.39 is 0 Å². The molecular formula is C19H19N3OS. The topological polar surface area (TPSA) is 54.9 Å². The molecule has 0 aliphatic rings. The Labute approximate surface area is 145 Å². The predicted octanol–water partition coefficient (Wildman–Crippen LogP) is 4.69. The van der Waals surface area contributed by atoms with E-state index in [2.05, 4.69) is 15.3 Å². The van der Waals surface area contributed by atoms with Crippen molar-refractivity contribution in [2.75, 3.05) is 5.32 Å². The van der Waals surface area contributed by atoms with Crippen molar-refractivity contribution in [3.05, 3.63) is 63.9 Å². The van der Waals surface area contributed by atoms with Crippen LogP contribution in [-0.2, 0) is 0 Å². The monoisotopic (exact) mass is 337 g/mol. The third-order valence-electron chi connectivity index (χ3n) is 3.87. The highest BCUT2D eigenvalue weighted by atomic mass is 32.1. The maximum absolute atomic E-state index is 12.6. The molecule has 0 aliphatic carbocycles. The van der Waals surface area contributed by atoms with E-state index in [9.17, 15) is 4.79 Å². The van der Waals surface area contributed by atoms with Gasteiger partial charge in [-0.15, -0.1) is 11.3 Å². The van der Waals surface area contributed by atoms with E-state index >= 15 is 0 Å². The highest BCUT2D eigenvalue weighted by Gasteiger charge is 2.15. The average Bonchev–Trinajstić information content (AvgIpc) is 3.04. The van der Waals surface area contributed by atoms with Crippen LogP contribution < -0.4 is 5.32 Å². The number of amides is 1. The number of aromatic nitrogens is 2. The van der Waals surface area contributed by atoms with E-state index in [0.29, 0.717) is 11.3 Å². The Bertz CT molecular complexity index is 878. The van der Waals surface area contributed by atoms with E-state index in [-0.39, 0.29) is 5.91 Å². The number of anilines is 1. The number of pyridine rings is 2. The average molecular weight is 337 g/mol. The SMILES string of the molecule is Cc1cc(C)c(NC(=O)c2ccc(-c3cccs3)nc2C)c(C)n1. The minimum atomic E-state index is -0.158. The standard InChI is InChI=1S/C19H19N3OS/c1-11-10-12(2)20-14(4)18(11)22-19(23)15-7-8-16(21-13(15)3)17-6-5-9-24-17/h5-10H,1-4H3,(H,22,23). The van der Waals surface area contributed by atoms with Crippen LogP contribution in [0.5, 0.6) is 0 Å². The molecule has 3 heterocycles. The summed E-state index contributed by atoms with van der Waals surface area (Å²) in [5, 5.41) is 5.00. The molecule has 1 N–H and O–H groups in total. The normalized spacial score (nSPS) is 10.7. The van der Waals surface area contributed by atoms with E-state index in [4.69, 9.17) is 0 Å². The zero-order valence-corrected chi connectivity index (χ0v) is 15.0. The predicted molar refractivity (Wildman–Crippen MR) is 98.7 cm³/mol. The van der Waals surface area contributed by atoms with Crippen molar-refractivity contribution in [3.63, 3.8) is 0 Å². The Balaban J connectivity index is 1.88. The molecule has 0 saturated carbocycles. The van der Waals surface area contributed by atoms with Gasteiger partial charge in [-0.1, -0.05) is 6.07 Å². The Morgan fingerprint density at radius 2 is 1.83 bits per heavy atom. The van der Waals surface area contributed by atoms with Gasteiger partial charge in [-0.3, -0.25) is 14.8 Å². The first-order chi connectivity index (χ1) is 11.5. The summed E-state index contributed by atoms with van der Waals surface area (Å²) in [4.78, 5) is 22.7. The van der Waals surface area contributed by atoms with E-state index in [1.54, 1.807) is 11.3 Å². The van der Waals surface area contributed by atoms with Crippen molar-refractivity contribution < 1.29 is 4.79 Å². The number of carbonyl (C=O) groups excluding carboxylic acids is 1. The smallest absolute Gasteiger partial charge is 0.257 e. The van der Waals surface area contributed by atoms with Crippen LogP contribution in [0, 0.1) is 27.7 Å². The number of nitrogens with zero attached hydrogens (tertiary/aromatic N) is 2. The molecule has 0 aliphatic heterocycles. The molecule has 4 nitrogen and oxygen atoms in total. The summed E-state index contributed by atoms with van der Waals surface area (Å²) in [5.41, 5.74) is 5.73. The summed E-state index contributed by atoms with van der Waals surface area (Å²) >= 11 is 1.64. The molecule has 0 radical (unpaired) electrons. The second kappa shape index (κ2) is 6.53. The maximum Gasteiger partial charge on any atom is 0.257 e. The van der Waals surface area contributed by atoms with Gasteiger partial charge >= 0.3 is 0 Å². The Morgan fingerprint density at radius 1 is 1.04 bits per heavy atom. The quantitative estimate of drug-likeness (QED) is 0.754. The van der Waals surface area contributed by atoms with Crippen LogP contribution in [0.3, 0.4) is 0 Å². The number of rotatable bonds is 3. The van der Waals surface area contributed by atoms with Gasteiger partial charge in [0.05, 0.1) is 33.2 Å². The number of nitrogens with one attached hydrogen (secondary N) is 1. The van der Waals surface area contributed by atoms with Crippen molar-refractivity contribution >= 4 is 22.9 Å². The lowest BCUT2D eigenvalue weighted by atomic mass is 10.1. The van der Waals surface area contributed by atoms with Gasteiger partial charge in [0.1, 0.15) is 0 Å². The molecule has 0 fully saturated rings. The molecule has 0 unspecified atom stereocenters. The fourth-order valence-electron chi connectivity index (χ4n) is 2.76. The molecule has 0 saturated heterocycles. The summed E-state index contributed by atoms with van der Waals surface area (Å²) in [5.74, 6) is -0.158. The number of thiophene rings is 1. The summed E-state index contributed by atoms with van der Waals surface area (Å²) in [7, 11) is 0. The highest BCUT2D eigenvalue weighted by Crippen LogP contribution is 2.25. The van der Waals surface area contributed by atoms with Gasteiger partial charge in [-0.25, -0.2) is 0 Å². The summed E-state index contributed by atoms with van der Waals surface area (Å²) < 4.78 is 0. The Hall–Kier alpha value is -2.53. The van der Waals surface area contributed by atoms with Crippen LogP contribution in [0.25, 0.3) is 10.6 Å². The van der Waals surface area contributed by atoms with Crippen molar-refractivity contribution in [2.45, 2.75) is 27.7 Å². The molecular weight excluding hydrogens is 318 g/mol. The maximum atomic E-state index is 12.6. The molecule has 5 heteroatoms. The van der Waals surface area contributed by atoms with Crippen LogP contribution in [-0.4, -0.2) is 15.9 Å². The molecule has 122 valence electrons. The molecule has 24 heavy (non-hydrogen) atoms. The van der Waals surface area contributed by atoms with Gasteiger partial charge in [-0.05, 0) is 62.9 Å². The second-order valence-corrected chi connectivity index (χ2v) is 6.75. The first kappa shape index (κ1) is 16.3. The van der Waals surface area contributed by atoms with Crippen molar-refractivity contribution in [2.24, 2.45) is 0 Å². The van der Waals surface area contributed by atoms with Crippen LogP contribution >= 0.6 is 11.3 Å². The fraction of sp³-hybridized carbons (Fsp3) is 0.211. The van der Waals surface area contributed by atoms with E-state index in [0.717, 1.165) is 33.2 Å². The molecule has 0 atom stereocenters. The Kier molecular flexibility index (Phi) is 4.44. The lowest BCUT2D eigenvalue weighted by Crippen LogP contribution is -2.16. The molecule has 3 aromatic rings. The molecule has 3 aromatic heterocycles. The lowest BCUT2D eigenvalue weighted by molar-refractivity contribution is 0.102. The van der Waals surface area contributed by atoms with Gasteiger partial charge in [0.15, 0.2) is 0 Å². The highest BCUT2D eigenvalue weighted by molar-refractivity contribution is 7.13. The molecule has 0 aromatic carbocycles. The number of hydrogen-bond donors (Lipinski definition) is 1. The van der Waals surface area contributed by atoms with Crippen molar-refractivity contribution in [1.82, 2.24) is 9.97 Å². The minimum Gasteiger partial charge on any atom is -0.320 e. The second-order valence-electron chi connectivity index (χ2n) is 5.80. The minimum absolute atomic E-state index is 0.158. The third-order valence-corrected chi connectivity index (χ3v) is 4.76. The van der Waals surface area contributed by atoms with Gasteiger partial charge < -0.3 is 5.32 Å². The van der Waals surface area contributed by atoms with Crippen molar-refractivity contribution in [1.29, 1.82) is 0 Å². The van der Waals surface area contributed by atoms with Gasteiger partial charge in [0.2, 0.25) is 0 Å². The molecule has 3 rings (SSSR count). The van der Waals surface area contributed by atoms with Crippen LogP contribution in [0.1, 0.15) is 33.0 Å². The first-order valence-electron chi connectivity index (χ1n) is 7.73. The van der Waals surface area contributed by atoms with Crippen LogP contribution in [0.2, 0.25) is 0 Å². The zero-order chi connectivity index (χ0) is 17.3. The summed E-state index contributed by atoms with van der Waals surface area (Å²) in [6.07, 6.45) is 0. The van der Waals surface area contributed by atoms with Gasteiger partial charge in [-0.2, -0.15) is 0 Å². The lowest BCUT2D eigenvalue weighted by Gasteiger charge is -2.13. The molecule has 0 bridgehead atoms. The first-order valence-corrected chi connectivity index (χ1v) is 8.61. The van der Waals surface area contributed by atoms with E-state index in [1.807, 2.05) is 63.4 Å². The third kappa shape index (κ3) is 3.21. The summed E-state index contributed by atoms with van der Waals surface area (Å²) in [6, 6.07) is 9.71. The Morgan fingerprint density at radius 3 is 2.46 bits per heavy atom.